The lowest BCUT2D eigenvalue weighted by molar-refractivity contribution is 0.552. The maximum absolute atomic E-state index is 16.7. The van der Waals surface area contributed by atoms with E-state index in [2.05, 4.69) is 0 Å². The maximum atomic E-state index is 16.7. The largest absolute Gasteiger partial charge is 0.398 e. The van der Waals surface area contributed by atoms with Crippen molar-refractivity contribution in [2.45, 2.75) is 26.2 Å². The minimum atomic E-state index is -0.666. The Labute approximate surface area is 292 Å². The van der Waals surface area contributed by atoms with Gasteiger partial charge in [0.25, 0.3) is 0 Å². The van der Waals surface area contributed by atoms with Gasteiger partial charge in [-0.2, -0.15) is 0 Å². The number of nitrogens with two attached hydrogens (primary N) is 2. The predicted octanol–water partition coefficient (Wildman–Crippen LogP) is 12.4. The van der Waals surface area contributed by atoms with E-state index in [0.717, 1.165) is 50.6 Å². The molecule has 0 heterocycles. The van der Waals surface area contributed by atoms with E-state index < -0.39 is 17.0 Å². The highest BCUT2D eigenvalue weighted by atomic mass is 19.1. The van der Waals surface area contributed by atoms with E-state index in [1.165, 1.54) is 0 Å². The molecule has 4 N–H and O–H groups in total. The van der Waals surface area contributed by atoms with Gasteiger partial charge in [-0.15, -0.1) is 0 Å². The second kappa shape index (κ2) is 13.1. The van der Waals surface area contributed by atoms with Gasteiger partial charge in [-0.3, -0.25) is 0 Å². The first kappa shape index (κ1) is 32.5. The lowest BCUT2D eigenvalue weighted by atomic mass is 9.74. The number of hydrogen-bond donors (Lipinski definition) is 2. The van der Waals surface area contributed by atoms with Crippen molar-refractivity contribution in [3.05, 3.63) is 169 Å². The van der Waals surface area contributed by atoms with Crippen molar-refractivity contribution >= 4 is 11.4 Å². The summed E-state index contributed by atoms with van der Waals surface area (Å²) < 4.78 is 33.4. The number of benzene rings is 7. The lowest BCUT2D eigenvalue weighted by Gasteiger charge is -2.30. The number of hydrogen-bond acceptors (Lipinski definition) is 2. The molecule has 246 valence electrons. The first-order valence-corrected chi connectivity index (χ1v) is 16.7. The molecule has 0 spiro atoms. The summed E-state index contributed by atoms with van der Waals surface area (Å²) in [5, 5.41) is 0. The summed E-state index contributed by atoms with van der Waals surface area (Å²) >= 11 is 0. The molecule has 0 saturated carbocycles. The molecule has 0 fully saturated rings. The normalized spacial score (nSPS) is 11.5. The van der Waals surface area contributed by atoms with Gasteiger partial charge in [0.15, 0.2) is 0 Å². The molecule has 0 bridgehead atoms. The molecular formula is C46H38F2N2. The van der Waals surface area contributed by atoms with E-state index in [9.17, 15) is 0 Å². The third-order valence-corrected chi connectivity index (χ3v) is 9.31. The van der Waals surface area contributed by atoms with E-state index >= 15 is 8.78 Å². The highest BCUT2D eigenvalue weighted by Crippen LogP contribution is 2.49. The van der Waals surface area contributed by atoms with Crippen LogP contribution in [-0.2, 0) is 5.41 Å². The third-order valence-electron chi connectivity index (χ3n) is 9.31. The Balaban J connectivity index is 1.52. The minimum Gasteiger partial charge on any atom is -0.398 e. The van der Waals surface area contributed by atoms with Gasteiger partial charge in [0.1, 0.15) is 11.6 Å². The van der Waals surface area contributed by atoms with Crippen molar-refractivity contribution in [2.24, 2.45) is 0 Å². The van der Waals surface area contributed by atoms with Crippen LogP contribution in [0.3, 0.4) is 0 Å². The highest BCUT2D eigenvalue weighted by Gasteiger charge is 2.31. The topological polar surface area (TPSA) is 52.0 Å². The summed E-state index contributed by atoms with van der Waals surface area (Å²) in [7, 11) is 0. The quantitative estimate of drug-likeness (QED) is 0.175. The number of para-hydroxylation sites is 2. The van der Waals surface area contributed by atoms with Crippen LogP contribution >= 0.6 is 0 Å². The zero-order chi connectivity index (χ0) is 35.0. The number of anilines is 2. The first-order chi connectivity index (χ1) is 24.1. The summed E-state index contributed by atoms with van der Waals surface area (Å²) in [4.78, 5) is 0. The molecule has 0 aliphatic heterocycles. The molecular weight excluding hydrogens is 619 g/mol. The van der Waals surface area contributed by atoms with Gasteiger partial charge in [0.05, 0.1) is 0 Å². The Bertz CT molecular complexity index is 2210. The van der Waals surface area contributed by atoms with Crippen LogP contribution in [0.25, 0.3) is 66.8 Å². The Morgan fingerprint density at radius 3 is 0.900 bits per heavy atom. The fourth-order valence-electron chi connectivity index (χ4n) is 7.16. The molecule has 0 radical (unpaired) electrons. The molecule has 0 aromatic heterocycles. The monoisotopic (exact) mass is 656 g/mol. The Hall–Kier alpha value is -6.00. The van der Waals surface area contributed by atoms with Crippen LogP contribution < -0.4 is 11.5 Å². The standard InChI is InChI=1S/C46H38F2N2/c1-46(2,3)45-43(37-24-10-8-20-33(37)29-16-4-6-18-31(29)35-22-12-14-26-41(35)49)39(47)28-40(48)44(45)38-25-11-9-21-34(38)30-17-5-7-19-32(30)36-23-13-15-27-42(36)50/h4-28H,49-50H2,1-3H3. The summed E-state index contributed by atoms with van der Waals surface area (Å²) in [6.07, 6.45) is 0. The van der Waals surface area contributed by atoms with Crippen molar-refractivity contribution in [3.63, 3.8) is 0 Å². The van der Waals surface area contributed by atoms with Crippen LogP contribution in [-0.4, -0.2) is 0 Å². The van der Waals surface area contributed by atoms with E-state index in [1.807, 2.05) is 166 Å². The van der Waals surface area contributed by atoms with Crippen molar-refractivity contribution in [1.29, 1.82) is 0 Å². The second-order valence-electron chi connectivity index (χ2n) is 13.6. The predicted molar refractivity (Wildman–Crippen MR) is 206 cm³/mol. The molecule has 0 saturated heterocycles. The smallest absolute Gasteiger partial charge is 0.134 e. The van der Waals surface area contributed by atoms with Gasteiger partial charge in [-0.1, -0.05) is 154 Å². The van der Waals surface area contributed by atoms with Gasteiger partial charge in [0, 0.05) is 39.7 Å². The molecule has 0 amide bonds. The summed E-state index contributed by atoms with van der Waals surface area (Å²) in [5.74, 6) is -1.23. The highest BCUT2D eigenvalue weighted by molar-refractivity contribution is 5.99. The SMILES string of the molecule is CC(C)(C)c1c(-c2ccccc2-c2ccccc2-c2ccccc2N)c(F)cc(F)c1-c1ccccc1-c1ccccc1-c1ccccc1N. The maximum Gasteiger partial charge on any atom is 0.134 e. The molecule has 7 aromatic carbocycles. The van der Waals surface area contributed by atoms with Gasteiger partial charge in [-0.05, 0) is 67.6 Å². The number of nitrogen functional groups attached to an aromatic ring is 2. The van der Waals surface area contributed by atoms with E-state index in [1.54, 1.807) is 0 Å². The zero-order valence-electron chi connectivity index (χ0n) is 28.3. The molecule has 50 heavy (non-hydrogen) atoms. The summed E-state index contributed by atoms with van der Waals surface area (Å²) in [6.45, 7) is 6.03. The average Bonchev–Trinajstić information content (AvgIpc) is 3.12. The lowest BCUT2D eigenvalue weighted by Crippen LogP contribution is -2.17. The molecule has 0 unspecified atom stereocenters. The van der Waals surface area contributed by atoms with Crippen molar-refractivity contribution in [2.75, 3.05) is 11.5 Å². The number of halogens is 2. The number of rotatable bonds is 6. The zero-order valence-corrected chi connectivity index (χ0v) is 28.3. The van der Waals surface area contributed by atoms with Crippen LogP contribution in [0.5, 0.6) is 0 Å². The Morgan fingerprint density at radius 1 is 0.360 bits per heavy atom. The summed E-state index contributed by atoms with van der Waals surface area (Å²) in [6, 6.07) is 48.1. The fourth-order valence-corrected chi connectivity index (χ4v) is 7.16. The summed E-state index contributed by atoms with van der Waals surface area (Å²) in [5.41, 5.74) is 23.3. The molecule has 0 atom stereocenters. The minimum absolute atomic E-state index is 0.371. The van der Waals surface area contributed by atoms with Crippen LogP contribution in [0.1, 0.15) is 26.3 Å². The van der Waals surface area contributed by atoms with Gasteiger partial charge >= 0.3 is 0 Å². The van der Waals surface area contributed by atoms with Crippen molar-refractivity contribution in [1.82, 2.24) is 0 Å². The van der Waals surface area contributed by atoms with Crippen molar-refractivity contribution < 1.29 is 8.78 Å². The van der Waals surface area contributed by atoms with Gasteiger partial charge in [0.2, 0.25) is 0 Å². The van der Waals surface area contributed by atoms with E-state index in [4.69, 9.17) is 11.5 Å². The molecule has 2 nitrogen and oxygen atoms in total. The van der Waals surface area contributed by atoms with Gasteiger partial charge < -0.3 is 11.5 Å². The van der Waals surface area contributed by atoms with E-state index in [-0.39, 0.29) is 0 Å². The fraction of sp³-hybridized carbons (Fsp3) is 0.0870. The van der Waals surface area contributed by atoms with Crippen LogP contribution in [0.4, 0.5) is 20.2 Å². The Morgan fingerprint density at radius 2 is 0.600 bits per heavy atom. The molecule has 4 heteroatoms. The van der Waals surface area contributed by atoms with Crippen molar-refractivity contribution in [3.8, 4) is 66.8 Å². The molecule has 0 aliphatic rings. The third kappa shape index (κ3) is 5.83. The van der Waals surface area contributed by atoms with Crippen LogP contribution in [0.15, 0.2) is 152 Å². The Kier molecular flexibility index (Phi) is 8.55. The average molecular weight is 657 g/mol. The van der Waals surface area contributed by atoms with Gasteiger partial charge in [-0.25, -0.2) is 8.78 Å². The van der Waals surface area contributed by atoms with Crippen LogP contribution in [0, 0.1) is 11.6 Å². The first-order valence-electron chi connectivity index (χ1n) is 16.7. The van der Waals surface area contributed by atoms with Crippen LogP contribution in [0.2, 0.25) is 0 Å². The van der Waals surface area contributed by atoms with E-state index in [0.29, 0.717) is 39.2 Å². The second-order valence-corrected chi connectivity index (χ2v) is 13.6. The molecule has 7 rings (SSSR count). The molecule has 0 aliphatic carbocycles. The molecule has 7 aromatic rings.